The molecule has 82 valence electrons. The number of rotatable bonds is 6. The van der Waals surface area contributed by atoms with E-state index in [0.29, 0.717) is 0 Å². The van der Waals surface area contributed by atoms with E-state index in [-0.39, 0.29) is 0 Å². The molecule has 2 unspecified atom stereocenters. The minimum Gasteiger partial charge on any atom is -0.314 e. The summed E-state index contributed by atoms with van der Waals surface area (Å²) in [5.74, 6) is 3.02. The van der Waals surface area contributed by atoms with Gasteiger partial charge >= 0.3 is 0 Å². The Bertz CT molecular complexity index is 170. The third-order valence-corrected chi connectivity index (χ3v) is 4.13. The summed E-state index contributed by atoms with van der Waals surface area (Å²) in [6, 6.07) is 0.751. The van der Waals surface area contributed by atoms with Crippen LogP contribution in [0, 0.1) is 17.8 Å². The van der Waals surface area contributed by atoms with Gasteiger partial charge in [0, 0.05) is 6.04 Å². The van der Waals surface area contributed by atoms with Gasteiger partial charge in [-0.05, 0) is 50.5 Å². The maximum absolute atomic E-state index is 3.70. The third-order valence-electron chi connectivity index (χ3n) is 4.13. The molecule has 1 nitrogen and oxygen atoms in total. The molecule has 0 aromatic rings. The molecular weight excluding hydrogens is 170 g/mol. The molecule has 0 aromatic carbocycles. The van der Waals surface area contributed by atoms with E-state index in [4.69, 9.17) is 0 Å². The quantitative estimate of drug-likeness (QED) is 0.686. The second-order valence-electron chi connectivity index (χ2n) is 5.66. The van der Waals surface area contributed by atoms with Crippen LogP contribution in [0.2, 0.25) is 0 Å². The molecule has 0 aromatic heterocycles. The molecule has 0 saturated heterocycles. The minimum absolute atomic E-state index is 0.751. The molecule has 2 rings (SSSR count). The van der Waals surface area contributed by atoms with Crippen LogP contribution in [0.4, 0.5) is 0 Å². The molecule has 0 amide bonds. The lowest BCUT2D eigenvalue weighted by molar-refractivity contribution is 0.261. The first-order valence-corrected chi connectivity index (χ1v) is 6.49. The molecule has 0 radical (unpaired) electrons. The molecule has 14 heavy (non-hydrogen) atoms. The Balaban J connectivity index is 1.54. The van der Waals surface area contributed by atoms with E-state index in [0.717, 1.165) is 23.8 Å². The Kier molecular flexibility index (Phi) is 3.48. The molecule has 2 aliphatic carbocycles. The van der Waals surface area contributed by atoms with Gasteiger partial charge in [-0.15, -0.1) is 0 Å². The molecule has 0 spiro atoms. The van der Waals surface area contributed by atoms with Crippen molar-refractivity contribution < 1.29 is 0 Å². The Morgan fingerprint density at radius 1 is 1.14 bits per heavy atom. The van der Waals surface area contributed by atoms with Gasteiger partial charge in [0.05, 0.1) is 0 Å². The summed E-state index contributed by atoms with van der Waals surface area (Å²) in [5, 5.41) is 3.70. The molecular formula is C13H25N. The van der Waals surface area contributed by atoms with Gasteiger partial charge in [-0.25, -0.2) is 0 Å². The standard InChI is InChI=1S/C13H25N/c1-10(13-6-7-13)9-14-11(2)8-12-4-3-5-12/h10-14H,3-9H2,1-2H3. The zero-order chi connectivity index (χ0) is 9.97. The first kappa shape index (κ1) is 10.5. The van der Waals surface area contributed by atoms with Crippen molar-refractivity contribution in [1.82, 2.24) is 5.32 Å². The molecule has 0 heterocycles. The summed E-state index contributed by atoms with van der Waals surface area (Å²) in [5.41, 5.74) is 0. The number of hydrogen-bond acceptors (Lipinski definition) is 1. The summed E-state index contributed by atoms with van der Waals surface area (Å²) in [4.78, 5) is 0. The van der Waals surface area contributed by atoms with Gasteiger partial charge in [-0.2, -0.15) is 0 Å². The van der Waals surface area contributed by atoms with Gasteiger partial charge in [-0.1, -0.05) is 26.2 Å². The van der Waals surface area contributed by atoms with Gasteiger partial charge in [0.15, 0.2) is 0 Å². The summed E-state index contributed by atoms with van der Waals surface area (Å²) in [6.45, 7) is 6.01. The fourth-order valence-electron chi connectivity index (χ4n) is 2.53. The van der Waals surface area contributed by atoms with Crippen LogP contribution in [0.5, 0.6) is 0 Å². The van der Waals surface area contributed by atoms with Gasteiger partial charge in [0.25, 0.3) is 0 Å². The third kappa shape index (κ3) is 2.98. The predicted octanol–water partition coefficient (Wildman–Crippen LogP) is 3.20. The Hall–Kier alpha value is -0.0400. The van der Waals surface area contributed by atoms with E-state index >= 15 is 0 Å². The molecule has 1 N–H and O–H groups in total. The maximum atomic E-state index is 3.70. The molecule has 0 bridgehead atoms. The SMILES string of the molecule is CC(CC1CCC1)NCC(C)C1CC1. The summed E-state index contributed by atoms with van der Waals surface area (Å²) in [6.07, 6.45) is 8.85. The van der Waals surface area contributed by atoms with Crippen LogP contribution in [-0.4, -0.2) is 12.6 Å². The highest BCUT2D eigenvalue weighted by Gasteiger charge is 2.28. The Morgan fingerprint density at radius 2 is 1.86 bits per heavy atom. The minimum atomic E-state index is 0.751. The van der Waals surface area contributed by atoms with Crippen molar-refractivity contribution in [3.05, 3.63) is 0 Å². The monoisotopic (exact) mass is 195 g/mol. The highest BCUT2D eigenvalue weighted by atomic mass is 14.9. The first-order chi connectivity index (χ1) is 6.75. The van der Waals surface area contributed by atoms with E-state index in [2.05, 4.69) is 19.2 Å². The molecule has 1 heteroatoms. The van der Waals surface area contributed by atoms with Crippen LogP contribution >= 0.6 is 0 Å². The molecule has 2 fully saturated rings. The van der Waals surface area contributed by atoms with E-state index in [1.165, 1.54) is 45.1 Å². The average Bonchev–Trinajstić information content (AvgIpc) is 2.90. The smallest absolute Gasteiger partial charge is 0.00414 e. The zero-order valence-electron chi connectivity index (χ0n) is 9.76. The highest BCUT2D eigenvalue weighted by Crippen LogP contribution is 2.36. The maximum Gasteiger partial charge on any atom is 0.00414 e. The van der Waals surface area contributed by atoms with Crippen molar-refractivity contribution in [3.63, 3.8) is 0 Å². The first-order valence-electron chi connectivity index (χ1n) is 6.49. The fraction of sp³-hybridized carbons (Fsp3) is 1.00. The van der Waals surface area contributed by atoms with Crippen molar-refractivity contribution in [3.8, 4) is 0 Å². The molecule has 2 aliphatic rings. The topological polar surface area (TPSA) is 12.0 Å². The van der Waals surface area contributed by atoms with Crippen LogP contribution in [0.3, 0.4) is 0 Å². The zero-order valence-corrected chi connectivity index (χ0v) is 9.76. The lowest BCUT2D eigenvalue weighted by atomic mass is 9.81. The molecule has 2 saturated carbocycles. The summed E-state index contributed by atoms with van der Waals surface area (Å²) < 4.78 is 0. The van der Waals surface area contributed by atoms with Crippen LogP contribution in [0.15, 0.2) is 0 Å². The molecule has 0 aliphatic heterocycles. The van der Waals surface area contributed by atoms with Crippen LogP contribution in [0.25, 0.3) is 0 Å². The van der Waals surface area contributed by atoms with Crippen molar-refractivity contribution in [2.45, 2.75) is 58.4 Å². The Morgan fingerprint density at radius 3 is 2.36 bits per heavy atom. The van der Waals surface area contributed by atoms with Gasteiger partial charge in [0.1, 0.15) is 0 Å². The highest BCUT2D eigenvalue weighted by molar-refractivity contribution is 4.81. The summed E-state index contributed by atoms with van der Waals surface area (Å²) >= 11 is 0. The van der Waals surface area contributed by atoms with Crippen molar-refractivity contribution in [1.29, 1.82) is 0 Å². The van der Waals surface area contributed by atoms with Gasteiger partial charge in [0.2, 0.25) is 0 Å². The number of nitrogens with one attached hydrogen (secondary N) is 1. The van der Waals surface area contributed by atoms with Crippen molar-refractivity contribution in [2.75, 3.05) is 6.54 Å². The van der Waals surface area contributed by atoms with E-state index < -0.39 is 0 Å². The van der Waals surface area contributed by atoms with Crippen LogP contribution in [-0.2, 0) is 0 Å². The fourth-order valence-corrected chi connectivity index (χ4v) is 2.53. The second-order valence-corrected chi connectivity index (χ2v) is 5.66. The summed E-state index contributed by atoms with van der Waals surface area (Å²) in [7, 11) is 0. The van der Waals surface area contributed by atoms with Gasteiger partial charge < -0.3 is 5.32 Å². The number of hydrogen-bond donors (Lipinski definition) is 1. The van der Waals surface area contributed by atoms with Crippen LogP contribution < -0.4 is 5.32 Å². The molecule has 2 atom stereocenters. The van der Waals surface area contributed by atoms with E-state index in [9.17, 15) is 0 Å². The van der Waals surface area contributed by atoms with Crippen molar-refractivity contribution >= 4 is 0 Å². The Labute approximate surface area is 88.7 Å². The van der Waals surface area contributed by atoms with Crippen molar-refractivity contribution in [2.24, 2.45) is 17.8 Å². The van der Waals surface area contributed by atoms with E-state index in [1.807, 2.05) is 0 Å². The second kappa shape index (κ2) is 4.65. The van der Waals surface area contributed by atoms with Crippen LogP contribution in [0.1, 0.15) is 52.4 Å². The lowest BCUT2D eigenvalue weighted by Crippen LogP contribution is -2.33. The van der Waals surface area contributed by atoms with Gasteiger partial charge in [-0.3, -0.25) is 0 Å². The largest absolute Gasteiger partial charge is 0.314 e. The normalized spacial score (nSPS) is 27.0. The van der Waals surface area contributed by atoms with E-state index in [1.54, 1.807) is 0 Å². The lowest BCUT2D eigenvalue weighted by Gasteiger charge is -2.29. The average molecular weight is 195 g/mol. The predicted molar refractivity (Wildman–Crippen MR) is 61.3 cm³/mol.